The Balaban J connectivity index is 1.10. The molecule has 2 aromatic carbocycles. The van der Waals surface area contributed by atoms with Gasteiger partial charge < -0.3 is 20.0 Å². The molecule has 2 amide bonds. The number of nitrogens with one attached hydrogen (secondary N) is 1. The number of rotatable bonds is 7. The number of hydrogen-bond donors (Lipinski definition) is 1. The first-order valence-corrected chi connectivity index (χ1v) is 15.2. The normalized spacial score (nSPS) is 25.2. The molecule has 3 heterocycles. The van der Waals surface area contributed by atoms with E-state index in [1.807, 2.05) is 30.3 Å². The molecule has 3 saturated heterocycles. The van der Waals surface area contributed by atoms with E-state index in [2.05, 4.69) is 38.2 Å². The first-order chi connectivity index (χ1) is 18.9. The Hall–Kier alpha value is -2.28. The molecule has 6 nitrogen and oxygen atoms in total. The van der Waals surface area contributed by atoms with Crippen molar-refractivity contribution in [2.24, 2.45) is 5.92 Å². The van der Waals surface area contributed by atoms with E-state index in [1.165, 1.54) is 12.0 Å². The van der Waals surface area contributed by atoms with E-state index in [-0.39, 0.29) is 17.2 Å². The predicted molar refractivity (Wildman–Crippen MR) is 156 cm³/mol. The molecule has 208 valence electrons. The van der Waals surface area contributed by atoms with Crippen molar-refractivity contribution in [3.8, 4) is 0 Å². The molecule has 1 N–H and O–H groups in total. The lowest BCUT2D eigenvalue weighted by molar-refractivity contribution is -0.137. The number of piperidine rings is 1. The van der Waals surface area contributed by atoms with Gasteiger partial charge in [0, 0.05) is 43.2 Å². The highest BCUT2D eigenvalue weighted by molar-refractivity contribution is 6.42. The fraction of sp³-hybridized carbons (Fsp3) is 0.548. The Labute approximate surface area is 241 Å². The van der Waals surface area contributed by atoms with Crippen LogP contribution < -0.4 is 10.2 Å². The Morgan fingerprint density at radius 2 is 1.74 bits per heavy atom. The van der Waals surface area contributed by atoms with Crippen LogP contribution in [0.15, 0.2) is 48.5 Å². The molecule has 0 bridgehead atoms. The van der Waals surface area contributed by atoms with Crippen molar-refractivity contribution in [2.75, 3.05) is 44.3 Å². The van der Waals surface area contributed by atoms with Crippen molar-refractivity contribution in [3.63, 3.8) is 0 Å². The van der Waals surface area contributed by atoms with Crippen LogP contribution in [-0.2, 0) is 15.0 Å². The minimum absolute atomic E-state index is 0.0971. The summed E-state index contributed by atoms with van der Waals surface area (Å²) >= 11 is 12.7. The second-order valence-electron chi connectivity index (χ2n) is 12.0. The van der Waals surface area contributed by atoms with Crippen LogP contribution in [0.4, 0.5) is 5.69 Å². The number of para-hydroxylation sites is 1. The molecule has 4 aliphatic rings. The van der Waals surface area contributed by atoms with E-state index in [1.54, 1.807) is 0 Å². The summed E-state index contributed by atoms with van der Waals surface area (Å²) in [5.41, 5.74) is 1.75. The number of halogens is 2. The molecule has 1 atom stereocenters. The van der Waals surface area contributed by atoms with Crippen LogP contribution in [0.1, 0.15) is 56.9 Å². The van der Waals surface area contributed by atoms with Gasteiger partial charge >= 0.3 is 0 Å². The highest BCUT2D eigenvalue weighted by atomic mass is 35.5. The Morgan fingerprint density at radius 3 is 2.44 bits per heavy atom. The third-order valence-corrected chi connectivity index (χ3v) is 10.6. The highest BCUT2D eigenvalue weighted by Gasteiger charge is 2.50. The van der Waals surface area contributed by atoms with E-state index in [4.69, 9.17) is 23.2 Å². The largest absolute Gasteiger partial charge is 0.342 e. The fourth-order valence-electron chi connectivity index (χ4n) is 7.20. The van der Waals surface area contributed by atoms with Crippen molar-refractivity contribution >= 4 is 40.7 Å². The van der Waals surface area contributed by atoms with Gasteiger partial charge in [0.15, 0.2) is 0 Å². The van der Waals surface area contributed by atoms with Gasteiger partial charge in [-0.1, -0.05) is 53.9 Å². The summed E-state index contributed by atoms with van der Waals surface area (Å²) in [5, 5.41) is 4.25. The van der Waals surface area contributed by atoms with Crippen LogP contribution in [0.5, 0.6) is 0 Å². The van der Waals surface area contributed by atoms with Crippen LogP contribution in [-0.4, -0.2) is 66.5 Å². The SMILES string of the molecule is O=C(C1CCC1)N1CCC(CCCN2CCC3(CC2)C(=O)NCN3c2ccccc2)(c2ccc(Cl)c(Cl)c2)C1. The molecule has 1 unspecified atom stereocenters. The van der Waals surface area contributed by atoms with Gasteiger partial charge in [-0.3, -0.25) is 9.59 Å². The van der Waals surface area contributed by atoms with Crippen molar-refractivity contribution in [2.45, 2.75) is 62.3 Å². The average Bonchev–Trinajstić information content (AvgIpc) is 3.49. The van der Waals surface area contributed by atoms with E-state index in [9.17, 15) is 9.59 Å². The summed E-state index contributed by atoms with van der Waals surface area (Å²) in [7, 11) is 0. The van der Waals surface area contributed by atoms with Gasteiger partial charge in [0.2, 0.25) is 11.8 Å². The third-order valence-electron chi connectivity index (χ3n) is 9.87. The smallest absolute Gasteiger partial charge is 0.247 e. The fourth-order valence-corrected chi connectivity index (χ4v) is 7.50. The number of carbonyl (C=O) groups excluding carboxylic acids is 2. The van der Waals surface area contributed by atoms with Crippen LogP contribution in [0, 0.1) is 5.92 Å². The van der Waals surface area contributed by atoms with Crippen LogP contribution in [0.3, 0.4) is 0 Å². The maximum Gasteiger partial charge on any atom is 0.247 e. The predicted octanol–water partition coefficient (Wildman–Crippen LogP) is 5.47. The minimum Gasteiger partial charge on any atom is -0.342 e. The van der Waals surface area contributed by atoms with E-state index in [0.29, 0.717) is 22.6 Å². The Kier molecular flexibility index (Phi) is 7.55. The molecule has 1 spiro atoms. The summed E-state index contributed by atoms with van der Waals surface area (Å²) < 4.78 is 0. The van der Waals surface area contributed by atoms with Crippen molar-refractivity contribution in [1.82, 2.24) is 15.1 Å². The Bertz CT molecular complexity index is 1210. The summed E-state index contributed by atoms with van der Waals surface area (Å²) in [5.74, 6) is 0.715. The van der Waals surface area contributed by atoms with E-state index >= 15 is 0 Å². The number of nitrogens with zero attached hydrogens (tertiary/aromatic N) is 3. The lowest BCUT2D eigenvalue weighted by Crippen LogP contribution is -2.56. The maximum atomic E-state index is 13.1. The molecule has 39 heavy (non-hydrogen) atoms. The van der Waals surface area contributed by atoms with Crippen molar-refractivity contribution in [3.05, 3.63) is 64.1 Å². The second kappa shape index (κ2) is 10.9. The zero-order valence-electron chi connectivity index (χ0n) is 22.5. The van der Waals surface area contributed by atoms with Gasteiger partial charge in [-0.15, -0.1) is 0 Å². The van der Waals surface area contributed by atoms with Gasteiger partial charge in [-0.05, 0) is 81.3 Å². The lowest BCUT2D eigenvalue weighted by Gasteiger charge is -2.43. The molecule has 2 aromatic rings. The molecule has 0 radical (unpaired) electrons. The Morgan fingerprint density at radius 1 is 0.974 bits per heavy atom. The third kappa shape index (κ3) is 5.05. The molecule has 0 aromatic heterocycles. The number of amides is 2. The number of anilines is 1. The first-order valence-electron chi connectivity index (χ1n) is 14.5. The molecular formula is C31H38Cl2N4O2. The first kappa shape index (κ1) is 26.9. The van der Waals surface area contributed by atoms with Crippen molar-refractivity contribution in [1.29, 1.82) is 0 Å². The monoisotopic (exact) mass is 568 g/mol. The summed E-state index contributed by atoms with van der Waals surface area (Å²) in [6.07, 6.45) is 7.88. The molecule has 1 saturated carbocycles. The molecule has 6 rings (SSSR count). The number of hydrogen-bond acceptors (Lipinski definition) is 4. The molecular weight excluding hydrogens is 531 g/mol. The van der Waals surface area contributed by atoms with Crippen LogP contribution in [0.25, 0.3) is 0 Å². The topological polar surface area (TPSA) is 55.9 Å². The zero-order chi connectivity index (χ0) is 27.0. The molecule has 4 fully saturated rings. The van der Waals surface area contributed by atoms with Gasteiger partial charge in [0.25, 0.3) is 0 Å². The maximum absolute atomic E-state index is 13.1. The van der Waals surface area contributed by atoms with Gasteiger partial charge in [-0.2, -0.15) is 0 Å². The van der Waals surface area contributed by atoms with E-state index in [0.717, 1.165) is 83.4 Å². The number of likely N-dealkylation sites (tertiary alicyclic amines) is 2. The average molecular weight is 570 g/mol. The van der Waals surface area contributed by atoms with Gasteiger partial charge in [0.1, 0.15) is 5.54 Å². The molecule has 1 aliphatic carbocycles. The van der Waals surface area contributed by atoms with Gasteiger partial charge in [0.05, 0.1) is 16.7 Å². The van der Waals surface area contributed by atoms with E-state index < -0.39 is 5.54 Å². The lowest BCUT2D eigenvalue weighted by atomic mass is 9.75. The standard InChI is InChI=1S/C31H38Cl2N4O2/c32-26-11-10-24(20-27(26)33)30(13-19-36(21-30)28(38)23-6-4-7-23)12-5-16-35-17-14-31(15-18-35)29(39)34-22-37(31)25-8-2-1-3-9-25/h1-3,8-11,20,23H,4-7,12-19,21-22H2,(H,34,39). The number of benzene rings is 2. The quantitative estimate of drug-likeness (QED) is 0.481. The summed E-state index contributed by atoms with van der Waals surface area (Å²) in [6.45, 7) is 4.95. The summed E-state index contributed by atoms with van der Waals surface area (Å²) in [6, 6.07) is 16.3. The van der Waals surface area contributed by atoms with Crippen LogP contribution in [0.2, 0.25) is 10.0 Å². The van der Waals surface area contributed by atoms with Crippen LogP contribution >= 0.6 is 23.2 Å². The number of carbonyl (C=O) groups is 2. The molecule has 8 heteroatoms. The minimum atomic E-state index is -0.451. The second-order valence-corrected chi connectivity index (χ2v) is 12.8. The zero-order valence-corrected chi connectivity index (χ0v) is 24.0. The highest BCUT2D eigenvalue weighted by Crippen LogP contribution is 2.43. The molecule has 3 aliphatic heterocycles. The van der Waals surface area contributed by atoms with Gasteiger partial charge in [-0.25, -0.2) is 0 Å². The summed E-state index contributed by atoms with van der Waals surface area (Å²) in [4.78, 5) is 33.0. The van der Waals surface area contributed by atoms with Crippen molar-refractivity contribution < 1.29 is 9.59 Å².